The summed E-state index contributed by atoms with van der Waals surface area (Å²) in [5, 5.41) is 4.92. The minimum atomic E-state index is -0.424. The van der Waals surface area contributed by atoms with Crippen molar-refractivity contribution in [1.82, 2.24) is 4.98 Å². The van der Waals surface area contributed by atoms with E-state index < -0.39 is 5.82 Å². The fourth-order valence-corrected chi connectivity index (χ4v) is 3.06. The van der Waals surface area contributed by atoms with E-state index in [1.807, 2.05) is 17.5 Å². The number of carbonyl (C=O) groups excluding carboxylic acids is 1. The van der Waals surface area contributed by atoms with Gasteiger partial charge in [0.05, 0.1) is 19.9 Å². The predicted octanol–water partition coefficient (Wildman–Crippen LogP) is 3.98. The summed E-state index contributed by atoms with van der Waals surface area (Å²) in [5.41, 5.74) is 1.53. The zero-order valence-corrected chi connectivity index (χ0v) is 15.5. The molecule has 1 heterocycles. The highest BCUT2D eigenvalue weighted by molar-refractivity contribution is 7.14. The van der Waals surface area contributed by atoms with Crippen LogP contribution in [0.1, 0.15) is 0 Å². The summed E-state index contributed by atoms with van der Waals surface area (Å²) in [6, 6.07) is 11.1. The second-order valence-electron chi connectivity index (χ2n) is 5.40. The third kappa shape index (κ3) is 4.73. The third-order valence-electron chi connectivity index (χ3n) is 3.60. The second-order valence-corrected chi connectivity index (χ2v) is 6.26. The van der Waals surface area contributed by atoms with Crippen molar-refractivity contribution in [2.45, 2.75) is 0 Å². The number of halogens is 1. The van der Waals surface area contributed by atoms with E-state index in [1.165, 1.54) is 29.5 Å². The molecule has 0 aliphatic carbocycles. The molecule has 0 saturated heterocycles. The lowest BCUT2D eigenvalue weighted by atomic mass is 10.1. The number of methoxy groups -OCH3 is 2. The van der Waals surface area contributed by atoms with Gasteiger partial charge in [-0.25, -0.2) is 9.37 Å². The molecule has 0 aliphatic heterocycles. The van der Waals surface area contributed by atoms with Crippen LogP contribution in [0.25, 0.3) is 11.3 Å². The van der Waals surface area contributed by atoms with Crippen LogP contribution in [0.3, 0.4) is 0 Å². The summed E-state index contributed by atoms with van der Waals surface area (Å²) in [4.78, 5) is 16.4. The van der Waals surface area contributed by atoms with Gasteiger partial charge in [-0.05, 0) is 30.3 Å². The number of aromatic nitrogens is 1. The van der Waals surface area contributed by atoms with Crippen molar-refractivity contribution >= 4 is 22.4 Å². The van der Waals surface area contributed by atoms with Gasteiger partial charge in [0.2, 0.25) is 0 Å². The molecule has 3 rings (SSSR count). The van der Waals surface area contributed by atoms with Crippen molar-refractivity contribution < 1.29 is 23.4 Å². The van der Waals surface area contributed by atoms with E-state index in [2.05, 4.69) is 10.3 Å². The van der Waals surface area contributed by atoms with Gasteiger partial charge in [-0.15, -0.1) is 11.3 Å². The van der Waals surface area contributed by atoms with Gasteiger partial charge in [0.15, 0.2) is 23.2 Å². The van der Waals surface area contributed by atoms with Gasteiger partial charge in [0.25, 0.3) is 5.91 Å². The maximum Gasteiger partial charge on any atom is 0.264 e. The Labute approximate surface area is 159 Å². The number of ether oxygens (including phenoxy) is 3. The topological polar surface area (TPSA) is 69.7 Å². The molecule has 6 nitrogen and oxygen atoms in total. The molecule has 1 amide bonds. The van der Waals surface area contributed by atoms with Crippen LogP contribution in [-0.4, -0.2) is 31.7 Å². The minimum absolute atomic E-state index is 0.241. The second kappa shape index (κ2) is 8.50. The van der Waals surface area contributed by atoms with Crippen LogP contribution in [0.5, 0.6) is 17.2 Å². The van der Waals surface area contributed by atoms with Crippen molar-refractivity contribution in [3.63, 3.8) is 0 Å². The van der Waals surface area contributed by atoms with Crippen LogP contribution in [0.2, 0.25) is 0 Å². The standard InChI is InChI=1S/C19H17FN2O4S/c1-24-16-7-6-12(8-17(16)25-2)15-11-27-19(21-15)22-18(23)10-26-14-5-3-4-13(20)9-14/h3-9,11H,10H2,1-2H3,(H,21,22,23). The number of nitrogens with one attached hydrogen (secondary N) is 1. The van der Waals surface area contributed by atoms with Gasteiger partial charge in [-0.1, -0.05) is 6.07 Å². The van der Waals surface area contributed by atoms with Crippen molar-refractivity contribution in [3.05, 3.63) is 53.7 Å². The average molecular weight is 388 g/mol. The molecule has 2 aromatic carbocycles. The van der Waals surface area contributed by atoms with Gasteiger partial charge in [-0.2, -0.15) is 0 Å². The number of hydrogen-bond donors (Lipinski definition) is 1. The van der Waals surface area contributed by atoms with E-state index in [4.69, 9.17) is 14.2 Å². The molecule has 1 N–H and O–H groups in total. The van der Waals surface area contributed by atoms with Gasteiger partial charge in [0.1, 0.15) is 11.6 Å². The molecule has 0 saturated carbocycles. The molecule has 0 atom stereocenters. The molecular weight excluding hydrogens is 371 g/mol. The van der Waals surface area contributed by atoms with E-state index in [-0.39, 0.29) is 18.3 Å². The Bertz CT molecular complexity index is 945. The third-order valence-corrected chi connectivity index (χ3v) is 4.35. The highest BCUT2D eigenvalue weighted by atomic mass is 32.1. The Morgan fingerprint density at radius 2 is 1.96 bits per heavy atom. The Hall–Kier alpha value is -3.13. The zero-order valence-electron chi connectivity index (χ0n) is 14.7. The van der Waals surface area contributed by atoms with E-state index in [9.17, 15) is 9.18 Å². The first kappa shape index (κ1) is 18.7. The van der Waals surface area contributed by atoms with Crippen LogP contribution < -0.4 is 19.5 Å². The number of nitrogens with zero attached hydrogens (tertiary/aromatic N) is 1. The fourth-order valence-electron chi connectivity index (χ4n) is 2.32. The van der Waals surface area contributed by atoms with E-state index in [0.29, 0.717) is 22.3 Å². The molecule has 27 heavy (non-hydrogen) atoms. The van der Waals surface area contributed by atoms with E-state index >= 15 is 0 Å². The highest BCUT2D eigenvalue weighted by Crippen LogP contribution is 2.33. The Balaban J connectivity index is 1.63. The lowest BCUT2D eigenvalue weighted by molar-refractivity contribution is -0.118. The first-order valence-electron chi connectivity index (χ1n) is 7.95. The molecule has 0 aliphatic rings. The zero-order chi connectivity index (χ0) is 19.2. The van der Waals surface area contributed by atoms with Crippen molar-refractivity contribution in [2.24, 2.45) is 0 Å². The smallest absolute Gasteiger partial charge is 0.264 e. The van der Waals surface area contributed by atoms with Crippen molar-refractivity contribution in [2.75, 3.05) is 26.1 Å². The summed E-state index contributed by atoms with van der Waals surface area (Å²) in [6.07, 6.45) is 0. The summed E-state index contributed by atoms with van der Waals surface area (Å²) >= 11 is 1.29. The molecule has 0 radical (unpaired) electrons. The summed E-state index contributed by atoms with van der Waals surface area (Å²) < 4.78 is 28.9. The molecule has 0 bridgehead atoms. The molecule has 0 unspecified atom stereocenters. The first-order chi connectivity index (χ1) is 13.1. The monoisotopic (exact) mass is 388 g/mol. The van der Waals surface area contributed by atoms with Gasteiger partial charge in [0, 0.05) is 17.0 Å². The Morgan fingerprint density at radius 3 is 2.70 bits per heavy atom. The lowest BCUT2D eigenvalue weighted by Crippen LogP contribution is -2.20. The Kier molecular flexibility index (Phi) is 5.87. The largest absolute Gasteiger partial charge is 0.493 e. The SMILES string of the molecule is COc1ccc(-c2csc(NC(=O)COc3cccc(F)c3)n2)cc1OC. The molecule has 140 valence electrons. The summed E-state index contributed by atoms with van der Waals surface area (Å²) in [6.45, 7) is -0.241. The molecular formula is C19H17FN2O4S. The number of hydrogen-bond acceptors (Lipinski definition) is 6. The molecule has 8 heteroatoms. The van der Waals surface area contributed by atoms with Gasteiger partial charge >= 0.3 is 0 Å². The lowest BCUT2D eigenvalue weighted by Gasteiger charge is -2.08. The first-order valence-corrected chi connectivity index (χ1v) is 8.83. The molecule has 1 aromatic heterocycles. The van der Waals surface area contributed by atoms with Crippen molar-refractivity contribution in [1.29, 1.82) is 0 Å². The number of anilines is 1. The minimum Gasteiger partial charge on any atom is -0.493 e. The van der Waals surface area contributed by atoms with Gasteiger partial charge in [-0.3, -0.25) is 10.1 Å². The van der Waals surface area contributed by atoms with E-state index in [0.717, 1.165) is 5.56 Å². The number of thiazole rings is 1. The summed E-state index contributed by atoms with van der Waals surface area (Å²) in [7, 11) is 3.13. The van der Waals surface area contributed by atoms with Crippen LogP contribution in [0.4, 0.5) is 9.52 Å². The van der Waals surface area contributed by atoms with Crippen LogP contribution in [-0.2, 0) is 4.79 Å². The number of carbonyl (C=O) groups is 1. The summed E-state index contributed by atoms with van der Waals surface area (Å²) in [5.74, 6) is 0.701. The van der Waals surface area contributed by atoms with Gasteiger partial charge < -0.3 is 14.2 Å². The van der Waals surface area contributed by atoms with E-state index in [1.54, 1.807) is 26.4 Å². The van der Waals surface area contributed by atoms with Crippen LogP contribution in [0.15, 0.2) is 47.8 Å². The quantitative estimate of drug-likeness (QED) is 0.663. The highest BCUT2D eigenvalue weighted by Gasteiger charge is 2.11. The number of rotatable bonds is 7. The van der Waals surface area contributed by atoms with Crippen LogP contribution >= 0.6 is 11.3 Å². The normalized spacial score (nSPS) is 10.3. The molecule has 0 spiro atoms. The number of benzene rings is 2. The molecule has 0 fully saturated rings. The molecule has 3 aromatic rings. The number of amides is 1. The predicted molar refractivity (Wildman–Crippen MR) is 101 cm³/mol. The Morgan fingerprint density at radius 1 is 1.15 bits per heavy atom. The van der Waals surface area contributed by atoms with Crippen molar-refractivity contribution in [3.8, 4) is 28.5 Å². The maximum atomic E-state index is 13.1. The van der Waals surface area contributed by atoms with Crippen LogP contribution in [0, 0.1) is 5.82 Å². The average Bonchev–Trinajstić information content (AvgIpc) is 3.14. The fraction of sp³-hybridized carbons (Fsp3) is 0.158. The maximum absolute atomic E-state index is 13.1.